The maximum Gasteiger partial charge on any atom is 0.225 e. The molecular formula is C12H10Cl2N2O. The normalized spacial score (nSPS) is 10.5. The Morgan fingerprint density at radius 2 is 2.12 bits per heavy atom. The van der Waals surface area contributed by atoms with E-state index in [1.807, 2.05) is 24.3 Å². The van der Waals surface area contributed by atoms with Crippen LogP contribution in [-0.2, 0) is 4.79 Å². The number of rotatable bonds is 3. The molecule has 88 valence electrons. The number of carbonyl (C=O) groups is 1. The molecule has 0 atom stereocenters. The molecule has 3 nitrogen and oxygen atoms in total. The Morgan fingerprint density at radius 1 is 1.35 bits per heavy atom. The van der Waals surface area contributed by atoms with E-state index in [0.717, 1.165) is 10.9 Å². The number of pyridine rings is 1. The molecule has 1 amide bonds. The second-order valence-electron chi connectivity index (χ2n) is 3.49. The quantitative estimate of drug-likeness (QED) is 0.867. The van der Waals surface area contributed by atoms with E-state index >= 15 is 0 Å². The van der Waals surface area contributed by atoms with Crippen molar-refractivity contribution in [2.75, 3.05) is 11.2 Å². The summed E-state index contributed by atoms with van der Waals surface area (Å²) in [7, 11) is 0. The Hall–Kier alpha value is -1.32. The zero-order valence-electron chi connectivity index (χ0n) is 8.91. The van der Waals surface area contributed by atoms with Crippen molar-refractivity contribution in [3.05, 3.63) is 35.5 Å². The summed E-state index contributed by atoms with van der Waals surface area (Å²) >= 11 is 11.7. The number of nitrogens with zero attached hydrogens (tertiary/aromatic N) is 1. The van der Waals surface area contributed by atoms with Gasteiger partial charge in [-0.3, -0.25) is 9.78 Å². The van der Waals surface area contributed by atoms with Crippen LogP contribution in [-0.4, -0.2) is 16.8 Å². The van der Waals surface area contributed by atoms with E-state index in [2.05, 4.69) is 10.3 Å². The van der Waals surface area contributed by atoms with Gasteiger partial charge in [0.1, 0.15) is 0 Å². The van der Waals surface area contributed by atoms with Crippen LogP contribution in [0.4, 0.5) is 5.69 Å². The first kappa shape index (κ1) is 12.1. The maximum absolute atomic E-state index is 11.4. The summed E-state index contributed by atoms with van der Waals surface area (Å²) in [6, 6.07) is 7.49. The van der Waals surface area contributed by atoms with Gasteiger partial charge in [-0.2, -0.15) is 0 Å². The van der Waals surface area contributed by atoms with E-state index < -0.39 is 0 Å². The van der Waals surface area contributed by atoms with Crippen molar-refractivity contribution in [1.82, 2.24) is 4.98 Å². The number of aromatic nitrogens is 1. The largest absolute Gasteiger partial charge is 0.323 e. The predicted octanol–water partition coefficient (Wildman–Crippen LogP) is 3.46. The molecule has 0 aliphatic carbocycles. The monoisotopic (exact) mass is 268 g/mol. The van der Waals surface area contributed by atoms with Crippen molar-refractivity contribution >= 4 is 45.7 Å². The molecule has 5 heteroatoms. The average molecular weight is 269 g/mol. The lowest BCUT2D eigenvalue weighted by Gasteiger charge is -2.08. The van der Waals surface area contributed by atoms with Crippen molar-refractivity contribution in [2.45, 2.75) is 6.42 Å². The Labute approximate surface area is 109 Å². The van der Waals surface area contributed by atoms with Crippen LogP contribution in [0, 0.1) is 0 Å². The molecular weight excluding hydrogens is 259 g/mol. The number of amides is 1. The van der Waals surface area contributed by atoms with Gasteiger partial charge in [0.25, 0.3) is 0 Å². The summed E-state index contributed by atoms with van der Waals surface area (Å²) in [6.07, 6.45) is 1.81. The number of nitrogens with one attached hydrogen (secondary N) is 1. The lowest BCUT2D eigenvalue weighted by molar-refractivity contribution is -0.115. The average Bonchev–Trinajstić information content (AvgIpc) is 2.33. The molecule has 0 saturated heterocycles. The number of carbonyl (C=O) groups excluding carboxylic acids is 1. The fourth-order valence-electron chi connectivity index (χ4n) is 1.49. The van der Waals surface area contributed by atoms with Crippen molar-refractivity contribution in [3.8, 4) is 0 Å². The van der Waals surface area contributed by atoms with E-state index in [9.17, 15) is 4.79 Å². The molecule has 0 radical (unpaired) electrons. The zero-order valence-corrected chi connectivity index (χ0v) is 10.4. The molecule has 2 rings (SSSR count). The number of fused-ring (bicyclic) bond motifs is 1. The standard InChI is InChI=1S/C12H10Cl2N2O/c13-6-5-11(17)16-10-7-15-9-4-2-1-3-8(9)12(10)14/h1-4,7H,5-6H2,(H,16,17). The third-order valence-corrected chi connectivity index (χ3v) is 2.90. The van der Waals surface area contributed by atoms with Gasteiger partial charge in [0.05, 0.1) is 22.4 Å². The molecule has 17 heavy (non-hydrogen) atoms. The molecule has 1 N–H and O–H groups in total. The summed E-state index contributed by atoms with van der Waals surface area (Å²) in [5, 5.41) is 4.00. The molecule has 0 bridgehead atoms. The van der Waals surface area contributed by atoms with Crippen molar-refractivity contribution in [2.24, 2.45) is 0 Å². The highest BCUT2D eigenvalue weighted by Crippen LogP contribution is 2.29. The molecule has 1 heterocycles. The van der Waals surface area contributed by atoms with Crippen LogP contribution >= 0.6 is 23.2 Å². The smallest absolute Gasteiger partial charge is 0.225 e. The van der Waals surface area contributed by atoms with Gasteiger partial charge in [-0.25, -0.2) is 0 Å². The van der Waals surface area contributed by atoms with Crippen molar-refractivity contribution in [3.63, 3.8) is 0 Å². The number of anilines is 1. The maximum atomic E-state index is 11.4. The Morgan fingerprint density at radius 3 is 2.88 bits per heavy atom. The van der Waals surface area contributed by atoms with E-state index in [1.54, 1.807) is 6.20 Å². The van der Waals surface area contributed by atoms with Gasteiger partial charge < -0.3 is 5.32 Å². The minimum atomic E-state index is -0.168. The number of hydrogen-bond acceptors (Lipinski definition) is 2. The number of benzene rings is 1. The van der Waals surface area contributed by atoms with Gasteiger partial charge in [0.15, 0.2) is 0 Å². The topological polar surface area (TPSA) is 42.0 Å². The van der Waals surface area contributed by atoms with Crippen LogP contribution in [0.1, 0.15) is 6.42 Å². The highest BCUT2D eigenvalue weighted by Gasteiger charge is 2.08. The number of para-hydroxylation sites is 1. The summed E-state index contributed by atoms with van der Waals surface area (Å²) in [5.74, 6) is 0.115. The molecule has 0 unspecified atom stereocenters. The van der Waals surface area contributed by atoms with Crippen LogP contribution < -0.4 is 5.32 Å². The van der Waals surface area contributed by atoms with Crippen LogP contribution in [0.25, 0.3) is 10.9 Å². The molecule has 0 aliphatic rings. The van der Waals surface area contributed by atoms with Crippen LogP contribution in [0.5, 0.6) is 0 Å². The molecule has 0 fully saturated rings. The summed E-state index contributed by atoms with van der Waals surface area (Å²) in [5.41, 5.74) is 1.31. The Kier molecular flexibility index (Phi) is 3.82. The molecule has 1 aromatic carbocycles. The molecule has 2 aromatic rings. The van der Waals surface area contributed by atoms with Crippen LogP contribution in [0.15, 0.2) is 30.5 Å². The lowest BCUT2D eigenvalue weighted by Crippen LogP contribution is -2.12. The minimum absolute atomic E-state index is 0.168. The zero-order chi connectivity index (χ0) is 12.3. The molecule has 0 spiro atoms. The van der Waals surface area contributed by atoms with Crippen LogP contribution in [0.3, 0.4) is 0 Å². The summed E-state index contributed by atoms with van der Waals surface area (Å²) in [4.78, 5) is 15.6. The van der Waals surface area contributed by atoms with E-state index in [-0.39, 0.29) is 18.2 Å². The summed E-state index contributed by atoms with van der Waals surface area (Å²) < 4.78 is 0. The third-order valence-electron chi connectivity index (χ3n) is 2.31. The summed E-state index contributed by atoms with van der Waals surface area (Å²) in [6.45, 7) is 0. The van der Waals surface area contributed by atoms with E-state index in [0.29, 0.717) is 10.7 Å². The van der Waals surface area contributed by atoms with Gasteiger partial charge in [-0.1, -0.05) is 29.8 Å². The third kappa shape index (κ3) is 2.68. The van der Waals surface area contributed by atoms with Crippen LogP contribution in [0.2, 0.25) is 5.02 Å². The number of hydrogen-bond donors (Lipinski definition) is 1. The second-order valence-corrected chi connectivity index (χ2v) is 4.25. The second kappa shape index (κ2) is 5.34. The fourth-order valence-corrected chi connectivity index (χ4v) is 1.92. The highest BCUT2D eigenvalue weighted by atomic mass is 35.5. The first-order valence-electron chi connectivity index (χ1n) is 5.11. The Balaban J connectivity index is 2.36. The van der Waals surface area contributed by atoms with Gasteiger partial charge in [-0.05, 0) is 6.07 Å². The minimum Gasteiger partial charge on any atom is -0.323 e. The number of halogens is 2. The lowest BCUT2D eigenvalue weighted by atomic mass is 10.2. The van der Waals surface area contributed by atoms with Gasteiger partial charge in [0, 0.05) is 17.7 Å². The molecule has 0 aliphatic heterocycles. The van der Waals surface area contributed by atoms with Gasteiger partial charge >= 0.3 is 0 Å². The van der Waals surface area contributed by atoms with E-state index in [1.165, 1.54) is 0 Å². The van der Waals surface area contributed by atoms with Gasteiger partial charge in [0.2, 0.25) is 5.91 Å². The Bertz CT molecular complexity index is 557. The molecule has 0 saturated carbocycles. The van der Waals surface area contributed by atoms with Gasteiger partial charge in [-0.15, -0.1) is 11.6 Å². The van der Waals surface area contributed by atoms with Crippen molar-refractivity contribution in [1.29, 1.82) is 0 Å². The number of alkyl halides is 1. The molecule has 1 aromatic heterocycles. The van der Waals surface area contributed by atoms with Crippen molar-refractivity contribution < 1.29 is 4.79 Å². The first-order valence-corrected chi connectivity index (χ1v) is 6.02. The highest BCUT2D eigenvalue weighted by molar-refractivity contribution is 6.38. The van der Waals surface area contributed by atoms with E-state index in [4.69, 9.17) is 23.2 Å². The first-order chi connectivity index (χ1) is 8.22. The predicted molar refractivity (Wildman–Crippen MR) is 70.7 cm³/mol. The fraction of sp³-hybridized carbons (Fsp3) is 0.167. The SMILES string of the molecule is O=C(CCCl)Nc1cnc2ccccc2c1Cl.